The van der Waals surface area contributed by atoms with Gasteiger partial charge in [-0.15, -0.1) is 0 Å². The van der Waals surface area contributed by atoms with Gasteiger partial charge in [0.05, 0.1) is 0 Å². The summed E-state index contributed by atoms with van der Waals surface area (Å²) in [6.07, 6.45) is 4.63. The molecule has 0 fully saturated rings. The summed E-state index contributed by atoms with van der Waals surface area (Å²) in [4.78, 5) is 8.57. The van der Waals surface area contributed by atoms with Crippen LogP contribution < -0.4 is 10.6 Å². The van der Waals surface area contributed by atoms with Crippen molar-refractivity contribution in [3.8, 4) is 0 Å². The molecule has 5 heteroatoms. The van der Waals surface area contributed by atoms with Gasteiger partial charge in [-0.3, -0.25) is 0 Å². The fourth-order valence-electron chi connectivity index (χ4n) is 1.79. The Balaban J connectivity index is 2.57. The van der Waals surface area contributed by atoms with Crippen LogP contribution in [0.4, 0.5) is 11.6 Å². The molecule has 0 radical (unpaired) electrons. The fourth-order valence-corrected chi connectivity index (χ4v) is 1.79. The molecule has 0 amide bonds. The van der Waals surface area contributed by atoms with Crippen molar-refractivity contribution in [2.45, 2.75) is 33.1 Å². The molecule has 0 aliphatic heterocycles. The van der Waals surface area contributed by atoms with E-state index in [0.29, 0.717) is 0 Å². The maximum atomic E-state index is 5.31. The van der Waals surface area contributed by atoms with Gasteiger partial charge < -0.3 is 15.4 Å². The van der Waals surface area contributed by atoms with E-state index in [2.05, 4.69) is 27.5 Å². The first-order valence-electron chi connectivity index (χ1n) is 6.66. The quantitative estimate of drug-likeness (QED) is 0.660. The van der Waals surface area contributed by atoms with Crippen molar-refractivity contribution in [3.63, 3.8) is 0 Å². The summed E-state index contributed by atoms with van der Waals surface area (Å²) < 4.78 is 5.31. The lowest BCUT2D eigenvalue weighted by Crippen LogP contribution is -2.11. The molecule has 1 aromatic rings. The monoisotopic (exact) mass is 252 g/mol. The van der Waals surface area contributed by atoms with E-state index < -0.39 is 0 Å². The second kappa shape index (κ2) is 8.69. The molecule has 0 aliphatic carbocycles. The molecule has 0 aromatic carbocycles. The highest BCUT2D eigenvalue weighted by atomic mass is 16.5. The number of rotatable bonds is 9. The van der Waals surface area contributed by atoms with Crippen LogP contribution >= 0.6 is 0 Å². The molecule has 2 N–H and O–H groups in total. The third-order valence-corrected chi connectivity index (χ3v) is 2.64. The van der Waals surface area contributed by atoms with Crippen LogP contribution in [0.2, 0.25) is 0 Å². The highest BCUT2D eigenvalue weighted by molar-refractivity contribution is 5.57. The van der Waals surface area contributed by atoms with Crippen molar-refractivity contribution in [1.29, 1.82) is 0 Å². The van der Waals surface area contributed by atoms with Gasteiger partial charge in [-0.2, -0.15) is 0 Å². The van der Waals surface area contributed by atoms with Gasteiger partial charge in [-0.05, 0) is 19.8 Å². The molecule has 0 saturated heterocycles. The van der Waals surface area contributed by atoms with Crippen molar-refractivity contribution < 1.29 is 4.74 Å². The van der Waals surface area contributed by atoms with Gasteiger partial charge in [0.2, 0.25) is 0 Å². The molecule has 0 bridgehead atoms. The van der Waals surface area contributed by atoms with Crippen molar-refractivity contribution in [1.82, 2.24) is 9.97 Å². The van der Waals surface area contributed by atoms with E-state index in [4.69, 9.17) is 4.74 Å². The Bertz CT molecular complexity index is 344. The topological polar surface area (TPSA) is 59.1 Å². The molecule has 1 heterocycles. The van der Waals surface area contributed by atoms with Crippen LogP contribution in [0.3, 0.4) is 0 Å². The summed E-state index contributed by atoms with van der Waals surface area (Å²) in [5, 5.41) is 6.48. The van der Waals surface area contributed by atoms with Gasteiger partial charge in [-0.1, -0.05) is 13.3 Å². The fraction of sp³-hybridized carbons (Fsp3) is 0.692. The van der Waals surface area contributed by atoms with E-state index in [1.165, 1.54) is 5.56 Å². The molecule has 1 aromatic heterocycles. The minimum atomic E-state index is 0.776. The smallest absolute Gasteiger partial charge is 0.134 e. The third kappa shape index (κ3) is 4.49. The van der Waals surface area contributed by atoms with Crippen LogP contribution in [0.1, 0.15) is 32.3 Å². The van der Waals surface area contributed by atoms with Crippen LogP contribution in [0.25, 0.3) is 0 Å². The lowest BCUT2D eigenvalue weighted by Gasteiger charge is -2.13. The first-order chi connectivity index (χ1) is 8.83. The van der Waals surface area contributed by atoms with Gasteiger partial charge >= 0.3 is 0 Å². The maximum Gasteiger partial charge on any atom is 0.134 e. The van der Waals surface area contributed by atoms with Crippen molar-refractivity contribution in [2.75, 3.05) is 37.4 Å². The SMILES string of the molecule is CCCc1c(NC)ncnc1NCCCOCC. The number of anilines is 2. The van der Waals surface area contributed by atoms with Crippen LogP contribution in [0.5, 0.6) is 0 Å². The average Bonchev–Trinajstić information content (AvgIpc) is 2.40. The maximum absolute atomic E-state index is 5.31. The predicted molar refractivity (Wildman–Crippen MR) is 75.2 cm³/mol. The van der Waals surface area contributed by atoms with Crippen LogP contribution in [0.15, 0.2) is 6.33 Å². The normalized spacial score (nSPS) is 10.4. The number of ether oxygens (including phenoxy) is 1. The Kier molecular flexibility index (Phi) is 7.10. The minimum Gasteiger partial charge on any atom is -0.382 e. The van der Waals surface area contributed by atoms with Gasteiger partial charge in [-0.25, -0.2) is 9.97 Å². The molecule has 0 atom stereocenters. The molecule has 0 saturated carbocycles. The molecule has 0 spiro atoms. The lowest BCUT2D eigenvalue weighted by molar-refractivity contribution is 0.147. The van der Waals surface area contributed by atoms with E-state index >= 15 is 0 Å². The van der Waals surface area contributed by atoms with Gasteiger partial charge in [0, 0.05) is 32.4 Å². The number of hydrogen-bond donors (Lipinski definition) is 2. The number of nitrogens with one attached hydrogen (secondary N) is 2. The molecule has 0 unspecified atom stereocenters. The summed E-state index contributed by atoms with van der Waals surface area (Å²) in [5.74, 6) is 1.85. The van der Waals surface area contributed by atoms with Gasteiger partial charge in [0.1, 0.15) is 18.0 Å². The van der Waals surface area contributed by atoms with E-state index in [1.807, 2.05) is 14.0 Å². The highest BCUT2D eigenvalue weighted by Gasteiger charge is 2.08. The molecular formula is C13H24N4O. The summed E-state index contributed by atoms with van der Waals surface area (Å²) in [6, 6.07) is 0. The Morgan fingerprint density at radius 1 is 1.22 bits per heavy atom. The second-order valence-electron chi connectivity index (χ2n) is 4.03. The Morgan fingerprint density at radius 2 is 2.00 bits per heavy atom. The second-order valence-corrected chi connectivity index (χ2v) is 4.03. The number of nitrogens with zero attached hydrogens (tertiary/aromatic N) is 2. The zero-order valence-corrected chi connectivity index (χ0v) is 11.6. The Morgan fingerprint density at radius 3 is 2.67 bits per heavy atom. The van der Waals surface area contributed by atoms with Gasteiger partial charge in [0.25, 0.3) is 0 Å². The van der Waals surface area contributed by atoms with Crippen molar-refractivity contribution >= 4 is 11.6 Å². The predicted octanol–water partition coefficient (Wildman–Crippen LogP) is 2.31. The average molecular weight is 252 g/mol. The summed E-state index contributed by atoms with van der Waals surface area (Å²) in [5.41, 5.74) is 1.17. The largest absolute Gasteiger partial charge is 0.382 e. The van der Waals surface area contributed by atoms with Crippen molar-refractivity contribution in [2.24, 2.45) is 0 Å². The van der Waals surface area contributed by atoms with Crippen molar-refractivity contribution in [3.05, 3.63) is 11.9 Å². The van der Waals surface area contributed by atoms with E-state index in [0.717, 1.165) is 50.7 Å². The molecule has 5 nitrogen and oxygen atoms in total. The van der Waals surface area contributed by atoms with E-state index in [-0.39, 0.29) is 0 Å². The standard InChI is InChI=1S/C13H24N4O/c1-4-7-11-12(14-3)16-10-17-13(11)15-8-6-9-18-5-2/h10H,4-9H2,1-3H3,(H2,14,15,16,17). The summed E-state index contributed by atoms with van der Waals surface area (Å²) in [7, 11) is 1.89. The number of aromatic nitrogens is 2. The zero-order valence-electron chi connectivity index (χ0n) is 11.6. The third-order valence-electron chi connectivity index (χ3n) is 2.64. The molecule has 102 valence electrons. The molecule has 0 aliphatic rings. The highest BCUT2D eigenvalue weighted by Crippen LogP contribution is 2.20. The van der Waals surface area contributed by atoms with Crippen LogP contribution in [-0.4, -0.2) is 36.8 Å². The molecular weight excluding hydrogens is 228 g/mol. The van der Waals surface area contributed by atoms with E-state index in [9.17, 15) is 0 Å². The van der Waals surface area contributed by atoms with Crippen LogP contribution in [-0.2, 0) is 11.2 Å². The number of hydrogen-bond acceptors (Lipinski definition) is 5. The van der Waals surface area contributed by atoms with E-state index in [1.54, 1.807) is 6.33 Å². The first-order valence-corrected chi connectivity index (χ1v) is 6.66. The molecule has 1 rings (SSSR count). The lowest BCUT2D eigenvalue weighted by atomic mass is 10.1. The molecule has 18 heavy (non-hydrogen) atoms. The Labute approximate surface area is 109 Å². The first kappa shape index (κ1) is 14.7. The summed E-state index contributed by atoms with van der Waals surface area (Å²) >= 11 is 0. The Hall–Kier alpha value is -1.36. The van der Waals surface area contributed by atoms with Gasteiger partial charge in [0.15, 0.2) is 0 Å². The minimum absolute atomic E-state index is 0.776. The van der Waals surface area contributed by atoms with Crippen LogP contribution in [0, 0.1) is 0 Å². The zero-order chi connectivity index (χ0) is 13.2. The summed E-state index contributed by atoms with van der Waals surface area (Å²) in [6.45, 7) is 6.60.